The van der Waals surface area contributed by atoms with Crippen LogP contribution in [0.1, 0.15) is 5.89 Å². The van der Waals surface area contributed by atoms with Crippen LogP contribution in [-0.2, 0) is 5.75 Å². The molecule has 0 aliphatic heterocycles. The largest absolute Gasteiger partial charge is 0.440 e. The number of fused-ring (bicyclic) bond motifs is 1. The lowest BCUT2D eigenvalue weighted by Gasteiger charge is -2.03. The van der Waals surface area contributed by atoms with E-state index in [4.69, 9.17) is 4.42 Å². The Morgan fingerprint density at radius 3 is 2.61 bits per heavy atom. The van der Waals surface area contributed by atoms with Gasteiger partial charge in [0.15, 0.2) is 5.76 Å². The molecule has 4 aromatic rings. The summed E-state index contributed by atoms with van der Waals surface area (Å²) in [5, 5.41) is 1.16. The first-order valence-electron chi connectivity index (χ1n) is 7.37. The Morgan fingerprint density at radius 2 is 1.70 bits per heavy atom. The number of hydrogen-bond acceptors (Lipinski definition) is 4. The molecule has 0 fully saturated rings. The zero-order valence-electron chi connectivity index (χ0n) is 12.3. The van der Waals surface area contributed by atoms with E-state index >= 15 is 0 Å². The molecule has 0 aliphatic rings. The molecule has 0 unspecified atom stereocenters. The molecule has 0 N–H and O–H groups in total. The van der Waals surface area contributed by atoms with Crippen LogP contribution in [0, 0.1) is 0 Å². The third-order valence-electron chi connectivity index (χ3n) is 3.57. The number of hydrogen-bond donors (Lipinski definition) is 0. The van der Waals surface area contributed by atoms with E-state index in [0.29, 0.717) is 5.75 Å². The van der Waals surface area contributed by atoms with Crippen molar-refractivity contribution in [1.82, 2.24) is 9.97 Å². The molecule has 0 radical (unpaired) electrons. The van der Waals surface area contributed by atoms with Crippen LogP contribution in [0.15, 0.2) is 82.4 Å². The van der Waals surface area contributed by atoms with Crippen molar-refractivity contribution in [2.75, 3.05) is 0 Å². The highest BCUT2D eigenvalue weighted by Crippen LogP contribution is 2.30. The van der Waals surface area contributed by atoms with Crippen molar-refractivity contribution in [2.24, 2.45) is 0 Å². The van der Waals surface area contributed by atoms with Gasteiger partial charge in [0.25, 0.3) is 0 Å². The number of oxazole rings is 1. The van der Waals surface area contributed by atoms with E-state index in [-0.39, 0.29) is 0 Å². The highest BCUT2D eigenvalue weighted by molar-refractivity contribution is 7.98. The number of nitrogens with zero attached hydrogens (tertiary/aromatic N) is 2. The summed E-state index contributed by atoms with van der Waals surface area (Å²) in [6, 6.07) is 20.2. The van der Waals surface area contributed by atoms with E-state index < -0.39 is 0 Å². The van der Waals surface area contributed by atoms with Crippen LogP contribution >= 0.6 is 11.8 Å². The summed E-state index contributed by atoms with van der Waals surface area (Å²) in [6.07, 6.45) is 3.63. The lowest BCUT2D eigenvalue weighted by Crippen LogP contribution is -1.83. The van der Waals surface area contributed by atoms with E-state index in [1.54, 1.807) is 18.0 Å². The zero-order valence-corrected chi connectivity index (χ0v) is 13.2. The van der Waals surface area contributed by atoms with Gasteiger partial charge in [0.2, 0.25) is 5.89 Å². The molecule has 0 bridgehead atoms. The molecule has 4 heteroatoms. The normalized spacial score (nSPS) is 11.0. The van der Waals surface area contributed by atoms with Crippen LogP contribution in [0.25, 0.3) is 22.2 Å². The second-order valence-corrected chi connectivity index (χ2v) is 6.12. The Bertz CT molecular complexity index is 929. The first kappa shape index (κ1) is 14.0. The van der Waals surface area contributed by atoms with E-state index in [1.807, 2.05) is 60.8 Å². The fraction of sp³-hybridized carbons (Fsp3) is 0.0526. The molecule has 2 aromatic heterocycles. The molecule has 0 amide bonds. The van der Waals surface area contributed by atoms with Gasteiger partial charge >= 0.3 is 0 Å². The first-order chi connectivity index (χ1) is 11.4. The predicted octanol–water partition coefficient (Wildman–Crippen LogP) is 5.18. The summed E-state index contributed by atoms with van der Waals surface area (Å²) in [5.41, 5.74) is 2.06. The van der Waals surface area contributed by atoms with Crippen LogP contribution < -0.4 is 0 Å². The van der Waals surface area contributed by atoms with Crippen molar-refractivity contribution in [1.29, 1.82) is 0 Å². The number of aromatic nitrogens is 2. The molecule has 0 aliphatic carbocycles. The zero-order chi connectivity index (χ0) is 15.5. The third kappa shape index (κ3) is 2.98. The molecule has 0 spiro atoms. The lowest BCUT2D eigenvalue weighted by atomic mass is 10.2. The van der Waals surface area contributed by atoms with Gasteiger partial charge in [-0.1, -0.05) is 48.5 Å². The van der Waals surface area contributed by atoms with Crippen LogP contribution in [0.2, 0.25) is 0 Å². The molecule has 0 atom stereocenters. The molecule has 0 saturated carbocycles. The van der Waals surface area contributed by atoms with E-state index in [2.05, 4.69) is 16.0 Å². The molecule has 3 nitrogen and oxygen atoms in total. The molecule has 0 saturated heterocycles. The standard InChI is InChI=1S/C19H14N2OS/c1-2-6-14(7-3-1)17-12-21-19(22-17)13-23-18-10-11-20-16-9-5-4-8-15(16)18/h1-12H,13H2. The summed E-state index contributed by atoms with van der Waals surface area (Å²) in [6.45, 7) is 0. The Kier molecular flexibility index (Phi) is 3.82. The summed E-state index contributed by atoms with van der Waals surface area (Å²) in [5.74, 6) is 2.23. The Morgan fingerprint density at radius 1 is 0.870 bits per heavy atom. The van der Waals surface area contributed by atoms with Crippen molar-refractivity contribution in [2.45, 2.75) is 10.6 Å². The quantitative estimate of drug-likeness (QED) is 0.486. The number of pyridine rings is 1. The minimum Gasteiger partial charge on any atom is -0.440 e. The minimum absolute atomic E-state index is 0.695. The number of rotatable bonds is 4. The van der Waals surface area contributed by atoms with E-state index in [0.717, 1.165) is 28.1 Å². The van der Waals surface area contributed by atoms with Gasteiger partial charge in [0.05, 0.1) is 17.5 Å². The van der Waals surface area contributed by atoms with E-state index in [1.165, 1.54) is 4.90 Å². The van der Waals surface area contributed by atoms with Gasteiger partial charge in [-0.15, -0.1) is 11.8 Å². The van der Waals surface area contributed by atoms with Gasteiger partial charge in [-0.05, 0) is 12.1 Å². The Hall–Kier alpha value is -2.59. The average Bonchev–Trinajstić information content (AvgIpc) is 3.10. The Balaban J connectivity index is 1.54. The average molecular weight is 318 g/mol. The van der Waals surface area contributed by atoms with Gasteiger partial charge in [0.1, 0.15) is 0 Å². The third-order valence-corrected chi connectivity index (χ3v) is 4.63. The monoisotopic (exact) mass is 318 g/mol. The summed E-state index contributed by atoms with van der Waals surface area (Å²) < 4.78 is 5.86. The van der Waals surface area contributed by atoms with Crippen molar-refractivity contribution >= 4 is 22.7 Å². The number of benzene rings is 2. The van der Waals surface area contributed by atoms with Crippen LogP contribution in [0.4, 0.5) is 0 Å². The smallest absolute Gasteiger partial charge is 0.205 e. The van der Waals surface area contributed by atoms with Crippen molar-refractivity contribution in [3.05, 3.63) is 78.9 Å². The SMILES string of the molecule is c1ccc(-c2cnc(CSc3ccnc4ccccc34)o2)cc1. The fourth-order valence-corrected chi connectivity index (χ4v) is 3.35. The first-order valence-corrected chi connectivity index (χ1v) is 8.35. The van der Waals surface area contributed by atoms with Crippen LogP contribution in [-0.4, -0.2) is 9.97 Å². The molecular weight excluding hydrogens is 304 g/mol. The number of thioether (sulfide) groups is 1. The Labute approximate surface area is 138 Å². The maximum Gasteiger partial charge on any atom is 0.205 e. The maximum atomic E-state index is 5.86. The van der Waals surface area contributed by atoms with Crippen molar-refractivity contribution in [3.8, 4) is 11.3 Å². The minimum atomic E-state index is 0.695. The molecule has 2 aromatic carbocycles. The fourth-order valence-electron chi connectivity index (χ4n) is 2.45. The number of para-hydroxylation sites is 1. The van der Waals surface area contributed by atoms with Gasteiger partial charge in [-0.25, -0.2) is 4.98 Å². The van der Waals surface area contributed by atoms with Crippen molar-refractivity contribution in [3.63, 3.8) is 0 Å². The molecule has 112 valence electrons. The van der Waals surface area contributed by atoms with E-state index in [9.17, 15) is 0 Å². The second-order valence-electron chi connectivity index (χ2n) is 5.10. The maximum absolute atomic E-state index is 5.86. The summed E-state index contributed by atoms with van der Waals surface area (Å²) in [4.78, 5) is 9.96. The summed E-state index contributed by atoms with van der Waals surface area (Å²) in [7, 11) is 0. The molecule has 2 heterocycles. The summed E-state index contributed by atoms with van der Waals surface area (Å²) >= 11 is 1.72. The molecular formula is C19H14N2OS. The molecule has 23 heavy (non-hydrogen) atoms. The molecule has 4 rings (SSSR count). The highest BCUT2D eigenvalue weighted by Gasteiger charge is 2.08. The predicted molar refractivity (Wildman–Crippen MR) is 93.2 cm³/mol. The van der Waals surface area contributed by atoms with Crippen LogP contribution in [0.5, 0.6) is 0 Å². The lowest BCUT2D eigenvalue weighted by molar-refractivity contribution is 0.530. The second kappa shape index (κ2) is 6.26. The van der Waals surface area contributed by atoms with Crippen LogP contribution in [0.3, 0.4) is 0 Å². The van der Waals surface area contributed by atoms with Gasteiger partial charge in [-0.2, -0.15) is 0 Å². The van der Waals surface area contributed by atoms with Gasteiger partial charge in [0, 0.05) is 22.0 Å². The van der Waals surface area contributed by atoms with Crippen molar-refractivity contribution < 1.29 is 4.42 Å². The van der Waals surface area contributed by atoms with Gasteiger partial charge in [-0.3, -0.25) is 4.98 Å². The van der Waals surface area contributed by atoms with Gasteiger partial charge < -0.3 is 4.42 Å². The topological polar surface area (TPSA) is 38.9 Å². The highest BCUT2D eigenvalue weighted by atomic mass is 32.2.